The van der Waals surface area contributed by atoms with E-state index in [1.54, 1.807) is 0 Å². The topological polar surface area (TPSA) is 0 Å². The van der Waals surface area contributed by atoms with Crippen molar-refractivity contribution in [2.45, 2.75) is 76.5 Å². The van der Waals surface area contributed by atoms with Gasteiger partial charge in [-0.25, -0.2) is 0 Å². The third-order valence-electron chi connectivity index (χ3n) is 2.56. The van der Waals surface area contributed by atoms with E-state index in [0.29, 0.717) is 0 Å². The van der Waals surface area contributed by atoms with Crippen LogP contribution >= 0.6 is 15.9 Å². The fourth-order valence-corrected chi connectivity index (χ4v) is 1.85. The highest BCUT2D eigenvalue weighted by Crippen LogP contribution is 2.15. The molecular weight excluding hydrogens is 224 g/mol. The van der Waals surface area contributed by atoms with E-state index in [0.717, 1.165) is 4.83 Å². The second-order valence-corrected chi connectivity index (χ2v) is 5.21. The van der Waals surface area contributed by atoms with Crippen molar-refractivity contribution in [3.8, 4) is 0 Å². The van der Waals surface area contributed by atoms with Crippen molar-refractivity contribution in [1.82, 2.24) is 0 Å². The predicted molar refractivity (Wildman–Crippen MR) is 65.6 cm³/mol. The molecule has 13 heavy (non-hydrogen) atoms. The molecule has 0 saturated heterocycles. The zero-order valence-corrected chi connectivity index (χ0v) is 10.9. The van der Waals surface area contributed by atoms with Gasteiger partial charge in [-0.3, -0.25) is 0 Å². The summed E-state index contributed by atoms with van der Waals surface area (Å²) in [6, 6.07) is 0. The molecule has 0 rings (SSSR count). The Balaban J connectivity index is 2.91. The van der Waals surface area contributed by atoms with E-state index < -0.39 is 0 Å². The molecule has 0 saturated carbocycles. The molecule has 1 atom stereocenters. The summed E-state index contributed by atoms with van der Waals surface area (Å²) in [6.45, 7) is 4.53. The normalized spacial score (nSPS) is 13.2. The van der Waals surface area contributed by atoms with Crippen LogP contribution < -0.4 is 0 Å². The van der Waals surface area contributed by atoms with Crippen LogP contribution in [0.4, 0.5) is 0 Å². The lowest BCUT2D eigenvalue weighted by Gasteiger charge is -2.05. The van der Waals surface area contributed by atoms with Crippen LogP contribution in [0.2, 0.25) is 0 Å². The summed E-state index contributed by atoms with van der Waals surface area (Å²) in [5.41, 5.74) is 0. The van der Waals surface area contributed by atoms with E-state index in [2.05, 4.69) is 29.8 Å². The van der Waals surface area contributed by atoms with Crippen LogP contribution in [0.15, 0.2) is 0 Å². The maximum Gasteiger partial charge on any atom is 0.0143 e. The van der Waals surface area contributed by atoms with Gasteiger partial charge in [0.25, 0.3) is 0 Å². The first-order valence-corrected chi connectivity index (χ1v) is 6.86. The summed E-state index contributed by atoms with van der Waals surface area (Å²) in [5.74, 6) is 0. The summed E-state index contributed by atoms with van der Waals surface area (Å²) in [6.07, 6.45) is 12.6. The minimum atomic E-state index is 0.767. The fourth-order valence-electron chi connectivity index (χ4n) is 1.53. The minimum Gasteiger partial charge on any atom is -0.0891 e. The third-order valence-corrected chi connectivity index (χ3v) is 3.67. The van der Waals surface area contributed by atoms with Crippen LogP contribution in [-0.4, -0.2) is 4.83 Å². The van der Waals surface area contributed by atoms with Crippen LogP contribution in [0.5, 0.6) is 0 Å². The number of alkyl halides is 1. The van der Waals surface area contributed by atoms with Gasteiger partial charge < -0.3 is 0 Å². The van der Waals surface area contributed by atoms with E-state index in [9.17, 15) is 0 Å². The van der Waals surface area contributed by atoms with Gasteiger partial charge in [0.2, 0.25) is 0 Å². The molecule has 0 fully saturated rings. The molecule has 0 heterocycles. The summed E-state index contributed by atoms with van der Waals surface area (Å²) in [5, 5.41) is 0. The van der Waals surface area contributed by atoms with E-state index in [-0.39, 0.29) is 0 Å². The molecule has 1 unspecified atom stereocenters. The van der Waals surface area contributed by atoms with Crippen molar-refractivity contribution < 1.29 is 0 Å². The first-order valence-electron chi connectivity index (χ1n) is 5.95. The Kier molecular flexibility index (Phi) is 11.0. The van der Waals surface area contributed by atoms with E-state index in [1.807, 2.05) is 0 Å². The van der Waals surface area contributed by atoms with Gasteiger partial charge in [0.15, 0.2) is 0 Å². The Bertz CT molecular complexity index is 91.1. The van der Waals surface area contributed by atoms with Gasteiger partial charge >= 0.3 is 0 Å². The van der Waals surface area contributed by atoms with Crippen molar-refractivity contribution in [2.75, 3.05) is 0 Å². The standard InChI is InChI=1S/C12H25Br/c1-3-5-6-7-8-9-10-11-12(13)4-2/h12H,3-11H2,1-2H3. The molecule has 0 aliphatic heterocycles. The lowest BCUT2D eigenvalue weighted by Crippen LogP contribution is -1.94. The van der Waals surface area contributed by atoms with Crippen LogP contribution in [0.25, 0.3) is 0 Å². The first kappa shape index (κ1) is 13.5. The van der Waals surface area contributed by atoms with Crippen molar-refractivity contribution in [1.29, 1.82) is 0 Å². The Hall–Kier alpha value is 0.480. The molecular formula is C12H25Br. The first-order chi connectivity index (χ1) is 6.31. The highest BCUT2D eigenvalue weighted by Gasteiger charge is 1.99. The maximum absolute atomic E-state index is 3.67. The summed E-state index contributed by atoms with van der Waals surface area (Å²) < 4.78 is 0. The largest absolute Gasteiger partial charge is 0.0891 e. The maximum atomic E-state index is 3.67. The van der Waals surface area contributed by atoms with Crippen molar-refractivity contribution in [2.24, 2.45) is 0 Å². The molecule has 1 heteroatoms. The predicted octanol–water partition coefficient (Wildman–Crippen LogP) is 5.30. The Labute approximate surface area is 92.6 Å². The van der Waals surface area contributed by atoms with Crippen molar-refractivity contribution in [3.63, 3.8) is 0 Å². The van der Waals surface area contributed by atoms with Gasteiger partial charge in [-0.1, -0.05) is 74.7 Å². The monoisotopic (exact) mass is 248 g/mol. The highest BCUT2D eigenvalue weighted by atomic mass is 79.9. The van der Waals surface area contributed by atoms with Crippen molar-refractivity contribution in [3.05, 3.63) is 0 Å². The Morgan fingerprint density at radius 2 is 1.38 bits per heavy atom. The smallest absolute Gasteiger partial charge is 0.0143 e. The molecule has 0 aromatic carbocycles. The van der Waals surface area contributed by atoms with Gasteiger partial charge in [-0.2, -0.15) is 0 Å². The number of halogens is 1. The molecule has 0 N–H and O–H groups in total. The van der Waals surface area contributed by atoms with Gasteiger partial charge in [-0.05, 0) is 12.8 Å². The fraction of sp³-hybridized carbons (Fsp3) is 1.00. The van der Waals surface area contributed by atoms with E-state index in [4.69, 9.17) is 0 Å². The van der Waals surface area contributed by atoms with Crippen LogP contribution in [-0.2, 0) is 0 Å². The zero-order valence-electron chi connectivity index (χ0n) is 9.32. The summed E-state index contributed by atoms with van der Waals surface area (Å²) in [7, 11) is 0. The average molecular weight is 249 g/mol. The van der Waals surface area contributed by atoms with Crippen molar-refractivity contribution >= 4 is 15.9 Å². The molecule has 0 spiro atoms. The SMILES string of the molecule is CCCCCCCCCC(Br)CC. The van der Waals surface area contributed by atoms with Crippen LogP contribution in [0.1, 0.15) is 71.6 Å². The van der Waals surface area contributed by atoms with E-state index >= 15 is 0 Å². The molecule has 0 bridgehead atoms. The lowest BCUT2D eigenvalue weighted by atomic mass is 10.1. The highest BCUT2D eigenvalue weighted by molar-refractivity contribution is 9.09. The number of hydrogen-bond acceptors (Lipinski definition) is 0. The number of unbranched alkanes of at least 4 members (excludes halogenated alkanes) is 6. The van der Waals surface area contributed by atoms with Gasteiger partial charge in [0.05, 0.1) is 0 Å². The molecule has 0 aliphatic rings. The van der Waals surface area contributed by atoms with Crippen LogP contribution in [0.3, 0.4) is 0 Å². The molecule has 0 amide bonds. The quantitative estimate of drug-likeness (QED) is 0.384. The second-order valence-electron chi connectivity index (χ2n) is 3.92. The molecule has 0 aliphatic carbocycles. The molecule has 0 aromatic rings. The van der Waals surface area contributed by atoms with E-state index in [1.165, 1.54) is 57.8 Å². The van der Waals surface area contributed by atoms with Gasteiger partial charge in [-0.15, -0.1) is 0 Å². The van der Waals surface area contributed by atoms with Crippen LogP contribution in [0, 0.1) is 0 Å². The number of rotatable bonds is 9. The Morgan fingerprint density at radius 3 is 1.92 bits per heavy atom. The third kappa shape index (κ3) is 10.4. The zero-order chi connectivity index (χ0) is 9.94. The Morgan fingerprint density at radius 1 is 0.846 bits per heavy atom. The molecule has 0 aromatic heterocycles. The second kappa shape index (κ2) is 10.6. The minimum absolute atomic E-state index is 0.767. The summed E-state index contributed by atoms with van der Waals surface area (Å²) >= 11 is 3.67. The lowest BCUT2D eigenvalue weighted by molar-refractivity contribution is 0.568. The number of hydrogen-bond donors (Lipinski definition) is 0. The van der Waals surface area contributed by atoms with Gasteiger partial charge in [0.1, 0.15) is 0 Å². The summed E-state index contributed by atoms with van der Waals surface area (Å²) in [4.78, 5) is 0.767. The molecule has 80 valence electrons. The average Bonchev–Trinajstić information content (AvgIpc) is 2.16. The molecule has 0 radical (unpaired) electrons. The van der Waals surface area contributed by atoms with Gasteiger partial charge in [0, 0.05) is 4.83 Å². The molecule has 0 nitrogen and oxygen atoms in total.